The minimum Gasteiger partial charge on any atom is -0.508 e. The standard InChI is InChI=1S/C22H16O3/c1-14-7-12-19-18(13-14)20(16-8-10-17(23)11-9-16)21(22(24)25-19)15-5-3-2-4-6-15/h2-13,23H,1H3. The molecule has 0 fully saturated rings. The molecule has 0 atom stereocenters. The third kappa shape index (κ3) is 2.70. The van der Waals surface area contributed by atoms with E-state index in [-0.39, 0.29) is 11.4 Å². The molecular formula is C22H16O3. The zero-order valence-corrected chi connectivity index (χ0v) is 13.7. The van der Waals surface area contributed by atoms with Gasteiger partial charge in [0, 0.05) is 10.9 Å². The van der Waals surface area contributed by atoms with Crippen molar-refractivity contribution in [3.05, 3.63) is 88.8 Å². The Balaban J connectivity index is 2.17. The Kier molecular flexibility index (Phi) is 3.62. The van der Waals surface area contributed by atoms with Gasteiger partial charge in [-0.15, -0.1) is 0 Å². The maximum atomic E-state index is 12.8. The van der Waals surface area contributed by atoms with Gasteiger partial charge in [0.15, 0.2) is 0 Å². The molecule has 0 aliphatic heterocycles. The van der Waals surface area contributed by atoms with Crippen molar-refractivity contribution in [1.82, 2.24) is 0 Å². The largest absolute Gasteiger partial charge is 0.508 e. The number of aryl methyl sites for hydroxylation is 1. The number of phenols is 1. The lowest BCUT2D eigenvalue weighted by atomic mass is 9.92. The summed E-state index contributed by atoms with van der Waals surface area (Å²) in [6.07, 6.45) is 0. The van der Waals surface area contributed by atoms with Gasteiger partial charge in [0.05, 0.1) is 5.56 Å². The number of hydrogen-bond acceptors (Lipinski definition) is 3. The van der Waals surface area contributed by atoms with Gasteiger partial charge >= 0.3 is 5.63 Å². The van der Waals surface area contributed by atoms with E-state index in [2.05, 4.69) is 0 Å². The summed E-state index contributed by atoms with van der Waals surface area (Å²) in [4.78, 5) is 12.8. The van der Waals surface area contributed by atoms with Gasteiger partial charge in [-0.3, -0.25) is 0 Å². The number of hydrogen-bond donors (Lipinski definition) is 1. The molecular weight excluding hydrogens is 312 g/mol. The minimum absolute atomic E-state index is 0.188. The van der Waals surface area contributed by atoms with Crippen molar-refractivity contribution in [2.24, 2.45) is 0 Å². The van der Waals surface area contributed by atoms with Crippen LogP contribution in [0.15, 0.2) is 82.0 Å². The first-order valence-corrected chi connectivity index (χ1v) is 8.06. The average Bonchev–Trinajstić information content (AvgIpc) is 2.63. The molecule has 4 aromatic rings. The SMILES string of the molecule is Cc1ccc2oc(=O)c(-c3ccccc3)c(-c3ccc(O)cc3)c2c1. The van der Waals surface area contributed by atoms with E-state index < -0.39 is 0 Å². The Labute approximate surface area is 144 Å². The Morgan fingerprint density at radius 2 is 1.48 bits per heavy atom. The predicted molar refractivity (Wildman–Crippen MR) is 99.8 cm³/mol. The molecule has 1 heterocycles. The van der Waals surface area contributed by atoms with Gasteiger partial charge in [-0.1, -0.05) is 54.1 Å². The Hall–Kier alpha value is -3.33. The van der Waals surface area contributed by atoms with Crippen LogP contribution in [-0.4, -0.2) is 5.11 Å². The maximum Gasteiger partial charge on any atom is 0.344 e. The Morgan fingerprint density at radius 1 is 0.800 bits per heavy atom. The lowest BCUT2D eigenvalue weighted by Gasteiger charge is -2.13. The average molecular weight is 328 g/mol. The van der Waals surface area contributed by atoms with Crippen molar-refractivity contribution >= 4 is 11.0 Å². The molecule has 122 valence electrons. The summed E-state index contributed by atoms with van der Waals surface area (Å²) in [5, 5.41) is 10.5. The molecule has 3 aromatic carbocycles. The first-order chi connectivity index (χ1) is 12.1. The molecule has 1 N–H and O–H groups in total. The van der Waals surface area contributed by atoms with E-state index in [1.54, 1.807) is 12.1 Å². The number of benzene rings is 3. The van der Waals surface area contributed by atoms with Crippen LogP contribution in [0.25, 0.3) is 33.2 Å². The molecule has 4 rings (SSSR count). The fourth-order valence-electron chi connectivity index (χ4n) is 3.11. The summed E-state index contributed by atoms with van der Waals surface area (Å²) < 4.78 is 5.58. The molecule has 0 unspecified atom stereocenters. The quantitative estimate of drug-likeness (QED) is 0.518. The van der Waals surface area contributed by atoms with Crippen LogP contribution in [0.1, 0.15) is 5.56 Å². The monoisotopic (exact) mass is 328 g/mol. The molecule has 0 radical (unpaired) electrons. The molecule has 25 heavy (non-hydrogen) atoms. The van der Waals surface area contributed by atoms with Crippen molar-refractivity contribution in [2.45, 2.75) is 6.92 Å². The van der Waals surface area contributed by atoms with E-state index in [1.807, 2.05) is 67.6 Å². The maximum absolute atomic E-state index is 12.8. The number of rotatable bonds is 2. The summed E-state index contributed by atoms with van der Waals surface area (Å²) >= 11 is 0. The summed E-state index contributed by atoms with van der Waals surface area (Å²) in [5.74, 6) is 0.188. The van der Waals surface area contributed by atoms with Crippen LogP contribution in [0, 0.1) is 6.92 Å². The summed E-state index contributed by atoms with van der Waals surface area (Å²) in [6, 6.07) is 22.2. The number of fused-ring (bicyclic) bond motifs is 1. The zero-order valence-electron chi connectivity index (χ0n) is 13.7. The van der Waals surface area contributed by atoms with Crippen molar-refractivity contribution in [3.63, 3.8) is 0 Å². The van der Waals surface area contributed by atoms with Crippen LogP contribution >= 0.6 is 0 Å². The van der Waals surface area contributed by atoms with E-state index in [9.17, 15) is 9.90 Å². The van der Waals surface area contributed by atoms with Crippen molar-refractivity contribution in [2.75, 3.05) is 0 Å². The first-order valence-electron chi connectivity index (χ1n) is 8.06. The van der Waals surface area contributed by atoms with Crippen LogP contribution in [0.4, 0.5) is 0 Å². The van der Waals surface area contributed by atoms with E-state index >= 15 is 0 Å². The minimum atomic E-state index is -0.370. The summed E-state index contributed by atoms with van der Waals surface area (Å²) in [7, 11) is 0. The second-order valence-corrected chi connectivity index (χ2v) is 6.05. The van der Waals surface area contributed by atoms with Gasteiger partial charge in [-0.25, -0.2) is 4.79 Å². The number of phenolic OH excluding ortho intramolecular Hbond substituents is 1. The Bertz CT molecular complexity index is 1110. The molecule has 3 nitrogen and oxygen atoms in total. The van der Waals surface area contributed by atoms with Crippen molar-refractivity contribution in [1.29, 1.82) is 0 Å². The van der Waals surface area contributed by atoms with Crippen LogP contribution in [0.3, 0.4) is 0 Å². The molecule has 0 amide bonds. The van der Waals surface area contributed by atoms with Crippen LogP contribution < -0.4 is 5.63 Å². The van der Waals surface area contributed by atoms with Crippen molar-refractivity contribution < 1.29 is 9.52 Å². The van der Waals surface area contributed by atoms with Gasteiger partial charge in [-0.2, -0.15) is 0 Å². The highest BCUT2D eigenvalue weighted by molar-refractivity contribution is 6.01. The van der Waals surface area contributed by atoms with Gasteiger partial charge in [0.25, 0.3) is 0 Å². The van der Waals surface area contributed by atoms with Gasteiger partial charge in [0.2, 0.25) is 0 Å². The topological polar surface area (TPSA) is 50.4 Å². The van der Waals surface area contributed by atoms with Gasteiger partial charge in [0.1, 0.15) is 11.3 Å². The zero-order chi connectivity index (χ0) is 17.4. The van der Waals surface area contributed by atoms with E-state index in [4.69, 9.17) is 4.42 Å². The first kappa shape index (κ1) is 15.2. The highest BCUT2D eigenvalue weighted by Gasteiger charge is 2.18. The third-order valence-electron chi connectivity index (χ3n) is 4.28. The summed E-state index contributed by atoms with van der Waals surface area (Å²) in [6.45, 7) is 2.01. The van der Waals surface area contributed by atoms with Gasteiger partial charge < -0.3 is 9.52 Å². The van der Waals surface area contributed by atoms with Crippen LogP contribution in [0.2, 0.25) is 0 Å². The molecule has 0 aliphatic rings. The van der Waals surface area contributed by atoms with E-state index in [0.29, 0.717) is 11.1 Å². The second-order valence-electron chi connectivity index (χ2n) is 6.05. The lowest BCUT2D eigenvalue weighted by molar-refractivity contribution is 0.475. The fraction of sp³-hybridized carbons (Fsp3) is 0.0455. The van der Waals surface area contributed by atoms with E-state index in [0.717, 1.165) is 27.6 Å². The molecule has 0 saturated heterocycles. The van der Waals surface area contributed by atoms with Crippen LogP contribution in [0.5, 0.6) is 5.75 Å². The summed E-state index contributed by atoms with van der Waals surface area (Å²) in [5.41, 5.74) is 4.29. The molecule has 0 saturated carbocycles. The normalized spacial score (nSPS) is 10.9. The molecule has 3 heteroatoms. The Morgan fingerprint density at radius 3 is 2.20 bits per heavy atom. The molecule has 0 spiro atoms. The lowest BCUT2D eigenvalue weighted by Crippen LogP contribution is -2.06. The molecule has 0 bridgehead atoms. The molecule has 0 aliphatic carbocycles. The highest BCUT2D eigenvalue weighted by Crippen LogP contribution is 2.36. The predicted octanol–water partition coefficient (Wildman–Crippen LogP) is 5.14. The van der Waals surface area contributed by atoms with Crippen molar-refractivity contribution in [3.8, 4) is 28.0 Å². The second kappa shape index (κ2) is 5.95. The fourth-order valence-corrected chi connectivity index (χ4v) is 3.11. The van der Waals surface area contributed by atoms with Gasteiger partial charge in [-0.05, 0) is 42.3 Å². The highest BCUT2D eigenvalue weighted by atomic mass is 16.4. The third-order valence-corrected chi connectivity index (χ3v) is 4.28. The molecule has 1 aromatic heterocycles. The van der Waals surface area contributed by atoms with Crippen LogP contribution in [-0.2, 0) is 0 Å². The number of aromatic hydroxyl groups is 1. The smallest absolute Gasteiger partial charge is 0.344 e. The van der Waals surface area contributed by atoms with E-state index in [1.165, 1.54) is 0 Å².